The molecule has 2 rings (SSSR count). The highest BCUT2D eigenvalue weighted by atomic mass is 79.9. The van der Waals surface area contributed by atoms with Crippen LogP contribution in [0.15, 0.2) is 34.8 Å². The van der Waals surface area contributed by atoms with E-state index in [1.54, 1.807) is 0 Å². The third kappa shape index (κ3) is 3.17. The normalized spacial score (nSPS) is 12.6. The lowest BCUT2D eigenvalue weighted by Gasteiger charge is -2.04. The van der Waals surface area contributed by atoms with Crippen molar-refractivity contribution < 1.29 is 0 Å². The number of nitrogens with zero attached hydrogens (tertiary/aromatic N) is 1. The average molecular weight is 294 g/mol. The van der Waals surface area contributed by atoms with E-state index in [9.17, 15) is 0 Å². The minimum absolute atomic E-state index is 0.202. The molecule has 3 N–H and O–H groups in total. The van der Waals surface area contributed by atoms with Crippen molar-refractivity contribution in [3.05, 3.63) is 40.5 Å². The summed E-state index contributed by atoms with van der Waals surface area (Å²) in [5.41, 5.74) is 9.09. The predicted octanol–water partition coefficient (Wildman–Crippen LogP) is 3.12. The van der Waals surface area contributed by atoms with Crippen LogP contribution in [0.1, 0.15) is 19.0 Å². The second kappa shape index (κ2) is 5.47. The Kier molecular flexibility index (Phi) is 3.97. The zero-order valence-electron chi connectivity index (χ0n) is 9.78. The molecule has 90 valence electrons. The van der Waals surface area contributed by atoms with E-state index >= 15 is 0 Å². The van der Waals surface area contributed by atoms with Crippen molar-refractivity contribution in [2.75, 3.05) is 0 Å². The van der Waals surface area contributed by atoms with Crippen LogP contribution in [0.5, 0.6) is 0 Å². The highest BCUT2D eigenvalue weighted by Crippen LogP contribution is 2.20. The Labute approximate surface area is 110 Å². The number of H-pyrrole nitrogens is 1. The molecule has 0 amide bonds. The number of nitrogens with one attached hydrogen (secondary N) is 1. The van der Waals surface area contributed by atoms with Crippen molar-refractivity contribution in [2.45, 2.75) is 25.8 Å². The van der Waals surface area contributed by atoms with Crippen LogP contribution in [0.3, 0.4) is 0 Å². The van der Waals surface area contributed by atoms with Crippen LogP contribution in [0.25, 0.3) is 11.3 Å². The second-order valence-corrected chi connectivity index (χ2v) is 5.07. The van der Waals surface area contributed by atoms with Crippen LogP contribution in [0.2, 0.25) is 0 Å². The Morgan fingerprint density at radius 1 is 1.35 bits per heavy atom. The van der Waals surface area contributed by atoms with Gasteiger partial charge in [-0.2, -0.15) is 5.10 Å². The fourth-order valence-electron chi connectivity index (χ4n) is 1.66. The molecule has 0 aliphatic heterocycles. The van der Waals surface area contributed by atoms with Crippen LogP contribution in [0, 0.1) is 0 Å². The Bertz CT molecular complexity index is 476. The van der Waals surface area contributed by atoms with Gasteiger partial charge in [0.25, 0.3) is 0 Å². The molecule has 17 heavy (non-hydrogen) atoms. The molecule has 0 bridgehead atoms. The fraction of sp³-hybridized carbons (Fsp3) is 0.308. The summed E-state index contributed by atoms with van der Waals surface area (Å²) in [6, 6.07) is 10.4. The van der Waals surface area contributed by atoms with Crippen molar-refractivity contribution in [3.63, 3.8) is 0 Å². The molecule has 1 heterocycles. The summed E-state index contributed by atoms with van der Waals surface area (Å²) in [7, 11) is 0. The highest BCUT2D eigenvalue weighted by Gasteiger charge is 2.06. The summed E-state index contributed by atoms with van der Waals surface area (Å²) in [6.07, 6.45) is 1.83. The Hall–Kier alpha value is -1.13. The molecule has 3 nitrogen and oxygen atoms in total. The zero-order chi connectivity index (χ0) is 12.3. The summed E-state index contributed by atoms with van der Waals surface area (Å²) < 4.78 is 1.07. The van der Waals surface area contributed by atoms with Crippen molar-refractivity contribution in [3.8, 4) is 11.3 Å². The molecule has 1 atom stereocenters. The standard InChI is InChI=1S/C13H16BrN3/c1-2-11(15)7-12-8-13(17-16-12)9-3-5-10(14)6-4-9/h3-6,8,11H,2,7,15H2,1H3,(H,16,17). The molecule has 0 spiro atoms. The van der Waals surface area contributed by atoms with Gasteiger partial charge in [0.15, 0.2) is 0 Å². The summed E-state index contributed by atoms with van der Waals surface area (Å²) in [6.45, 7) is 2.09. The smallest absolute Gasteiger partial charge is 0.0923 e. The molecular weight excluding hydrogens is 278 g/mol. The molecule has 4 heteroatoms. The van der Waals surface area contributed by atoms with E-state index in [-0.39, 0.29) is 6.04 Å². The van der Waals surface area contributed by atoms with E-state index in [0.717, 1.165) is 34.3 Å². The number of benzene rings is 1. The first kappa shape index (κ1) is 12.3. The van der Waals surface area contributed by atoms with E-state index in [0.29, 0.717) is 0 Å². The van der Waals surface area contributed by atoms with Gasteiger partial charge in [-0.1, -0.05) is 35.0 Å². The molecule has 2 aromatic rings. The first-order chi connectivity index (χ1) is 8.19. The van der Waals surface area contributed by atoms with E-state index in [1.807, 2.05) is 24.3 Å². The lowest BCUT2D eigenvalue weighted by Crippen LogP contribution is -2.21. The van der Waals surface area contributed by atoms with Gasteiger partial charge >= 0.3 is 0 Å². The Morgan fingerprint density at radius 3 is 2.71 bits per heavy atom. The molecule has 0 saturated carbocycles. The maximum absolute atomic E-state index is 5.92. The lowest BCUT2D eigenvalue weighted by atomic mass is 10.1. The summed E-state index contributed by atoms with van der Waals surface area (Å²) >= 11 is 3.42. The first-order valence-corrected chi connectivity index (χ1v) is 6.54. The summed E-state index contributed by atoms with van der Waals surface area (Å²) in [5, 5.41) is 7.35. The fourth-order valence-corrected chi connectivity index (χ4v) is 1.93. The number of aromatic amines is 1. The minimum atomic E-state index is 0.202. The minimum Gasteiger partial charge on any atom is -0.327 e. The summed E-state index contributed by atoms with van der Waals surface area (Å²) in [4.78, 5) is 0. The topological polar surface area (TPSA) is 54.7 Å². The van der Waals surface area contributed by atoms with Crippen LogP contribution in [-0.4, -0.2) is 16.2 Å². The molecule has 1 unspecified atom stereocenters. The molecule has 0 fully saturated rings. The van der Waals surface area contributed by atoms with Gasteiger partial charge in [0.1, 0.15) is 0 Å². The van der Waals surface area contributed by atoms with Gasteiger partial charge in [-0.3, -0.25) is 5.10 Å². The van der Waals surface area contributed by atoms with Gasteiger partial charge in [-0.25, -0.2) is 0 Å². The van der Waals surface area contributed by atoms with Crippen LogP contribution in [0.4, 0.5) is 0 Å². The third-order valence-electron chi connectivity index (χ3n) is 2.78. The van der Waals surface area contributed by atoms with Crippen LogP contribution in [-0.2, 0) is 6.42 Å². The monoisotopic (exact) mass is 293 g/mol. The maximum atomic E-state index is 5.92. The number of rotatable bonds is 4. The van der Waals surface area contributed by atoms with Gasteiger partial charge in [0, 0.05) is 28.2 Å². The van der Waals surface area contributed by atoms with Gasteiger partial charge in [-0.05, 0) is 24.6 Å². The first-order valence-electron chi connectivity index (χ1n) is 5.75. The SMILES string of the molecule is CCC(N)Cc1cc(-c2ccc(Br)cc2)n[nH]1. The Balaban J connectivity index is 2.15. The van der Waals surface area contributed by atoms with Crippen molar-refractivity contribution >= 4 is 15.9 Å². The molecule has 0 aliphatic carbocycles. The molecule has 1 aromatic heterocycles. The third-order valence-corrected chi connectivity index (χ3v) is 3.31. The van der Waals surface area contributed by atoms with Crippen LogP contribution >= 0.6 is 15.9 Å². The largest absolute Gasteiger partial charge is 0.327 e. The molecule has 0 aliphatic rings. The highest BCUT2D eigenvalue weighted by molar-refractivity contribution is 9.10. The van der Waals surface area contributed by atoms with Crippen molar-refractivity contribution in [1.29, 1.82) is 0 Å². The van der Waals surface area contributed by atoms with Gasteiger partial charge in [0.05, 0.1) is 5.69 Å². The molecular formula is C13H16BrN3. The van der Waals surface area contributed by atoms with Crippen molar-refractivity contribution in [1.82, 2.24) is 10.2 Å². The number of hydrogen-bond donors (Lipinski definition) is 2. The lowest BCUT2D eigenvalue weighted by molar-refractivity contribution is 0.635. The molecule has 1 aromatic carbocycles. The quantitative estimate of drug-likeness (QED) is 0.910. The number of halogens is 1. The van der Waals surface area contributed by atoms with Gasteiger partial charge in [0.2, 0.25) is 0 Å². The van der Waals surface area contributed by atoms with Crippen molar-refractivity contribution in [2.24, 2.45) is 5.73 Å². The van der Waals surface area contributed by atoms with E-state index < -0.39 is 0 Å². The van der Waals surface area contributed by atoms with E-state index in [1.165, 1.54) is 0 Å². The number of hydrogen-bond acceptors (Lipinski definition) is 2. The van der Waals surface area contributed by atoms with E-state index in [4.69, 9.17) is 5.73 Å². The Morgan fingerprint density at radius 2 is 2.06 bits per heavy atom. The van der Waals surface area contributed by atoms with Crippen LogP contribution < -0.4 is 5.73 Å². The average Bonchev–Trinajstić information content (AvgIpc) is 2.78. The van der Waals surface area contributed by atoms with Gasteiger partial charge < -0.3 is 5.73 Å². The molecule has 0 radical (unpaired) electrons. The number of nitrogens with two attached hydrogens (primary N) is 1. The summed E-state index contributed by atoms with van der Waals surface area (Å²) in [5.74, 6) is 0. The second-order valence-electron chi connectivity index (χ2n) is 4.16. The predicted molar refractivity (Wildman–Crippen MR) is 73.7 cm³/mol. The zero-order valence-corrected chi connectivity index (χ0v) is 11.4. The number of aromatic nitrogens is 2. The maximum Gasteiger partial charge on any atom is 0.0923 e. The van der Waals surface area contributed by atoms with E-state index in [2.05, 4.69) is 39.1 Å². The van der Waals surface area contributed by atoms with Gasteiger partial charge in [-0.15, -0.1) is 0 Å². The molecule has 0 saturated heterocycles.